The first kappa shape index (κ1) is 11.4. The number of carbonyl (C=O) groups is 1. The van der Waals surface area contributed by atoms with Crippen molar-refractivity contribution >= 4 is 11.7 Å². The highest BCUT2D eigenvalue weighted by Gasteiger charge is 2.13. The summed E-state index contributed by atoms with van der Waals surface area (Å²) >= 11 is 0. The number of rotatable bonds is 4. The van der Waals surface area contributed by atoms with Gasteiger partial charge in [-0.05, 0) is 13.8 Å². The molecule has 1 aromatic rings. The maximum absolute atomic E-state index is 11.8. The maximum Gasteiger partial charge on any atom is 0.274 e. The topological polar surface area (TPSA) is 84.1 Å². The molecule has 1 aromatic heterocycles. The molecule has 0 aliphatic carbocycles. The number of anilines is 1. The number of nitrogen functional groups attached to an aromatic ring is 1. The van der Waals surface area contributed by atoms with E-state index in [-0.39, 0.29) is 5.91 Å². The van der Waals surface area contributed by atoms with Gasteiger partial charge >= 0.3 is 0 Å². The molecule has 0 radical (unpaired) electrons. The molecule has 0 aromatic carbocycles. The van der Waals surface area contributed by atoms with E-state index in [1.807, 2.05) is 13.8 Å². The highest BCUT2D eigenvalue weighted by Crippen LogP contribution is 2.02. The Morgan fingerprint density at radius 3 is 2.47 bits per heavy atom. The number of carbonyl (C=O) groups excluding carboxylic acids is 1. The van der Waals surface area contributed by atoms with Crippen molar-refractivity contribution in [1.82, 2.24) is 14.9 Å². The van der Waals surface area contributed by atoms with Crippen LogP contribution in [0.4, 0.5) is 5.82 Å². The van der Waals surface area contributed by atoms with Crippen molar-refractivity contribution in [1.29, 1.82) is 0 Å². The summed E-state index contributed by atoms with van der Waals surface area (Å²) in [5.74, 6) is 5.46. The van der Waals surface area contributed by atoms with Crippen LogP contribution in [0.15, 0.2) is 12.4 Å². The third-order valence-corrected chi connectivity index (χ3v) is 2.07. The van der Waals surface area contributed by atoms with Gasteiger partial charge in [0, 0.05) is 13.1 Å². The molecule has 0 atom stereocenters. The van der Waals surface area contributed by atoms with Crippen molar-refractivity contribution < 1.29 is 4.79 Å². The van der Waals surface area contributed by atoms with E-state index in [2.05, 4.69) is 15.4 Å². The van der Waals surface area contributed by atoms with Crippen molar-refractivity contribution in [3.63, 3.8) is 0 Å². The fraction of sp³-hybridized carbons (Fsp3) is 0.444. The molecule has 82 valence electrons. The zero-order chi connectivity index (χ0) is 11.3. The second-order valence-corrected chi connectivity index (χ2v) is 2.91. The second kappa shape index (κ2) is 5.26. The first-order valence-electron chi connectivity index (χ1n) is 4.80. The smallest absolute Gasteiger partial charge is 0.274 e. The Balaban J connectivity index is 2.82. The number of hydrogen-bond donors (Lipinski definition) is 2. The van der Waals surface area contributed by atoms with Gasteiger partial charge in [0.05, 0.1) is 12.4 Å². The van der Waals surface area contributed by atoms with Crippen LogP contribution in [0.1, 0.15) is 24.3 Å². The van der Waals surface area contributed by atoms with Gasteiger partial charge in [0.2, 0.25) is 0 Å². The predicted molar refractivity (Wildman–Crippen MR) is 57.1 cm³/mol. The van der Waals surface area contributed by atoms with E-state index in [1.54, 1.807) is 4.90 Å². The van der Waals surface area contributed by atoms with Crippen molar-refractivity contribution in [3.05, 3.63) is 18.1 Å². The van der Waals surface area contributed by atoms with Gasteiger partial charge in [-0.2, -0.15) is 0 Å². The monoisotopic (exact) mass is 209 g/mol. The molecule has 1 heterocycles. The van der Waals surface area contributed by atoms with E-state index in [0.717, 1.165) is 0 Å². The normalized spacial score (nSPS) is 9.80. The lowest BCUT2D eigenvalue weighted by Crippen LogP contribution is -2.31. The van der Waals surface area contributed by atoms with Crippen LogP contribution in [-0.4, -0.2) is 33.9 Å². The third-order valence-electron chi connectivity index (χ3n) is 2.07. The van der Waals surface area contributed by atoms with E-state index in [9.17, 15) is 4.79 Å². The second-order valence-electron chi connectivity index (χ2n) is 2.91. The number of nitrogens with zero attached hydrogens (tertiary/aromatic N) is 3. The van der Waals surface area contributed by atoms with Crippen LogP contribution in [-0.2, 0) is 0 Å². The minimum atomic E-state index is -0.115. The molecule has 3 N–H and O–H groups in total. The van der Waals surface area contributed by atoms with Gasteiger partial charge in [-0.15, -0.1) is 0 Å². The molecule has 15 heavy (non-hydrogen) atoms. The molecule has 6 nitrogen and oxygen atoms in total. The standard InChI is InChI=1S/C9H15N5O/c1-3-14(4-2)9(15)7-5-12-8(13-10)6-11-7/h5-6H,3-4,10H2,1-2H3,(H,12,13). The Morgan fingerprint density at radius 2 is 2.07 bits per heavy atom. The minimum absolute atomic E-state index is 0.115. The van der Waals surface area contributed by atoms with E-state index in [0.29, 0.717) is 24.6 Å². The summed E-state index contributed by atoms with van der Waals surface area (Å²) in [6, 6.07) is 0. The van der Waals surface area contributed by atoms with Gasteiger partial charge in [-0.1, -0.05) is 0 Å². The molecule has 0 fully saturated rings. The van der Waals surface area contributed by atoms with Gasteiger partial charge in [0.15, 0.2) is 5.82 Å². The zero-order valence-corrected chi connectivity index (χ0v) is 8.90. The molecular weight excluding hydrogens is 194 g/mol. The number of nitrogens with one attached hydrogen (secondary N) is 1. The molecule has 0 bridgehead atoms. The highest BCUT2D eigenvalue weighted by molar-refractivity contribution is 5.92. The predicted octanol–water partition coefficient (Wildman–Crippen LogP) is 0.244. The minimum Gasteiger partial charge on any atom is -0.338 e. The summed E-state index contributed by atoms with van der Waals surface area (Å²) in [5.41, 5.74) is 2.68. The highest BCUT2D eigenvalue weighted by atomic mass is 16.2. The Bertz CT molecular complexity index is 320. The van der Waals surface area contributed by atoms with Gasteiger partial charge in [0.1, 0.15) is 5.69 Å². The summed E-state index contributed by atoms with van der Waals surface area (Å²) in [6.45, 7) is 5.16. The fourth-order valence-corrected chi connectivity index (χ4v) is 1.19. The van der Waals surface area contributed by atoms with Gasteiger partial charge in [-0.3, -0.25) is 4.79 Å². The molecule has 0 spiro atoms. The van der Waals surface area contributed by atoms with Crippen LogP contribution in [0.25, 0.3) is 0 Å². The first-order valence-corrected chi connectivity index (χ1v) is 4.80. The van der Waals surface area contributed by atoms with Crippen LogP contribution in [0.5, 0.6) is 0 Å². The largest absolute Gasteiger partial charge is 0.338 e. The Hall–Kier alpha value is -1.69. The Labute approximate surface area is 88.5 Å². The fourth-order valence-electron chi connectivity index (χ4n) is 1.19. The summed E-state index contributed by atoms with van der Waals surface area (Å²) in [6.07, 6.45) is 2.84. The third kappa shape index (κ3) is 2.63. The number of hydrazine groups is 1. The molecule has 1 rings (SSSR count). The maximum atomic E-state index is 11.8. The first-order chi connectivity index (χ1) is 7.22. The molecule has 0 aliphatic rings. The number of amides is 1. The molecule has 6 heteroatoms. The Kier molecular flexibility index (Phi) is 3.99. The van der Waals surface area contributed by atoms with Crippen molar-refractivity contribution in [2.24, 2.45) is 5.84 Å². The van der Waals surface area contributed by atoms with Crippen LogP contribution >= 0.6 is 0 Å². The molecule has 1 amide bonds. The molecule has 0 saturated carbocycles. The molecule has 0 unspecified atom stereocenters. The lowest BCUT2D eigenvalue weighted by molar-refractivity contribution is 0.0766. The van der Waals surface area contributed by atoms with Crippen molar-refractivity contribution in [2.45, 2.75) is 13.8 Å². The van der Waals surface area contributed by atoms with E-state index < -0.39 is 0 Å². The lowest BCUT2D eigenvalue weighted by Gasteiger charge is -2.17. The van der Waals surface area contributed by atoms with Crippen molar-refractivity contribution in [3.8, 4) is 0 Å². The Morgan fingerprint density at radius 1 is 1.40 bits per heavy atom. The van der Waals surface area contributed by atoms with E-state index >= 15 is 0 Å². The average molecular weight is 209 g/mol. The van der Waals surface area contributed by atoms with Gasteiger partial charge < -0.3 is 10.3 Å². The van der Waals surface area contributed by atoms with Gasteiger partial charge in [0.25, 0.3) is 5.91 Å². The lowest BCUT2D eigenvalue weighted by atomic mass is 10.3. The van der Waals surface area contributed by atoms with E-state index in [1.165, 1.54) is 12.4 Å². The van der Waals surface area contributed by atoms with Crippen LogP contribution in [0.2, 0.25) is 0 Å². The SMILES string of the molecule is CCN(CC)C(=O)c1cnc(NN)cn1. The summed E-state index contributed by atoms with van der Waals surface area (Å²) in [5, 5.41) is 0. The van der Waals surface area contributed by atoms with Crippen molar-refractivity contribution in [2.75, 3.05) is 18.5 Å². The molecular formula is C9H15N5O. The summed E-state index contributed by atoms with van der Waals surface area (Å²) in [7, 11) is 0. The number of nitrogens with two attached hydrogens (primary N) is 1. The molecule has 0 aliphatic heterocycles. The van der Waals surface area contributed by atoms with Gasteiger partial charge in [-0.25, -0.2) is 15.8 Å². The van der Waals surface area contributed by atoms with Crippen LogP contribution in [0.3, 0.4) is 0 Å². The van der Waals surface area contributed by atoms with E-state index in [4.69, 9.17) is 5.84 Å². The average Bonchev–Trinajstić information content (AvgIpc) is 2.30. The summed E-state index contributed by atoms with van der Waals surface area (Å²) < 4.78 is 0. The zero-order valence-electron chi connectivity index (χ0n) is 8.90. The summed E-state index contributed by atoms with van der Waals surface area (Å²) in [4.78, 5) is 21.4. The van der Waals surface area contributed by atoms with Crippen LogP contribution in [0, 0.1) is 0 Å². The quantitative estimate of drug-likeness (QED) is 0.548. The molecule has 0 saturated heterocycles. The van der Waals surface area contributed by atoms with Crippen LogP contribution < -0.4 is 11.3 Å². The number of aromatic nitrogens is 2. The number of hydrogen-bond acceptors (Lipinski definition) is 5.